The zero-order valence-corrected chi connectivity index (χ0v) is 15.9. The van der Waals surface area contributed by atoms with Crippen molar-refractivity contribution in [3.63, 3.8) is 0 Å². The third-order valence-electron chi connectivity index (χ3n) is 3.68. The van der Waals surface area contributed by atoms with E-state index in [4.69, 9.17) is 9.47 Å². The molecule has 0 aromatic heterocycles. The van der Waals surface area contributed by atoms with E-state index in [2.05, 4.69) is 23.8 Å². The SMILES string of the molecule is C=C(C)CSC1=N[C@@H](c2ccc(OCCCC)c(OC)c2)CC(=O)N1. The minimum atomic E-state index is -0.208. The van der Waals surface area contributed by atoms with Gasteiger partial charge in [0, 0.05) is 5.75 Å². The average molecular weight is 362 g/mol. The van der Waals surface area contributed by atoms with Gasteiger partial charge in [-0.3, -0.25) is 9.79 Å². The predicted molar refractivity (Wildman–Crippen MR) is 104 cm³/mol. The van der Waals surface area contributed by atoms with Gasteiger partial charge in [-0.05, 0) is 31.0 Å². The standard InChI is InChI=1S/C19H26N2O3S/c1-5-6-9-24-16-8-7-14(10-17(16)23-4)15-11-18(22)21-19(20-15)25-12-13(2)3/h7-8,10,15H,2,5-6,9,11-12H2,1,3-4H3,(H,20,21,22)/t15-/m1/s1. The molecule has 0 bridgehead atoms. The Balaban J connectivity index is 2.16. The Hall–Kier alpha value is -1.95. The van der Waals surface area contributed by atoms with Gasteiger partial charge in [-0.25, -0.2) is 0 Å². The number of nitrogens with one attached hydrogen (secondary N) is 1. The summed E-state index contributed by atoms with van der Waals surface area (Å²) in [6.45, 7) is 8.62. The molecule has 1 amide bonds. The lowest BCUT2D eigenvalue weighted by atomic mass is 10.0. The summed E-state index contributed by atoms with van der Waals surface area (Å²) in [7, 11) is 1.62. The van der Waals surface area contributed by atoms with Crippen molar-refractivity contribution in [1.82, 2.24) is 5.32 Å². The van der Waals surface area contributed by atoms with E-state index < -0.39 is 0 Å². The van der Waals surface area contributed by atoms with Crippen molar-refractivity contribution in [2.24, 2.45) is 4.99 Å². The fourth-order valence-corrected chi connectivity index (χ4v) is 3.13. The Bertz CT molecular complexity index is 658. The molecule has 0 unspecified atom stereocenters. The maximum Gasteiger partial charge on any atom is 0.228 e. The zero-order chi connectivity index (χ0) is 18.2. The van der Waals surface area contributed by atoms with Gasteiger partial charge in [0.05, 0.1) is 26.2 Å². The van der Waals surface area contributed by atoms with Crippen molar-refractivity contribution in [2.45, 2.75) is 39.2 Å². The van der Waals surface area contributed by atoms with Crippen LogP contribution < -0.4 is 14.8 Å². The second-order valence-corrected chi connectivity index (χ2v) is 7.02. The minimum absolute atomic E-state index is 0.0218. The van der Waals surface area contributed by atoms with E-state index in [1.807, 2.05) is 25.1 Å². The third kappa shape index (κ3) is 5.81. The molecule has 0 spiro atoms. The van der Waals surface area contributed by atoms with Gasteiger partial charge in [0.2, 0.25) is 5.91 Å². The maximum atomic E-state index is 12.0. The molecule has 0 saturated carbocycles. The molecule has 0 aliphatic carbocycles. The number of carbonyl (C=O) groups is 1. The molecule has 1 aliphatic rings. The van der Waals surface area contributed by atoms with Gasteiger partial charge in [0.1, 0.15) is 0 Å². The van der Waals surface area contributed by atoms with Gasteiger partial charge in [-0.15, -0.1) is 0 Å². The molecule has 5 nitrogen and oxygen atoms in total. The van der Waals surface area contributed by atoms with Crippen LogP contribution in [0.4, 0.5) is 0 Å². The van der Waals surface area contributed by atoms with E-state index in [0.717, 1.165) is 35.5 Å². The number of thioether (sulfide) groups is 1. The summed E-state index contributed by atoms with van der Waals surface area (Å²) in [5, 5.41) is 3.47. The molecule has 25 heavy (non-hydrogen) atoms. The van der Waals surface area contributed by atoms with Gasteiger partial charge >= 0.3 is 0 Å². The second-order valence-electron chi connectivity index (χ2n) is 6.06. The van der Waals surface area contributed by atoms with E-state index in [-0.39, 0.29) is 11.9 Å². The number of ether oxygens (including phenoxy) is 2. The summed E-state index contributed by atoms with van der Waals surface area (Å²) < 4.78 is 11.2. The molecule has 0 saturated heterocycles. The van der Waals surface area contributed by atoms with Gasteiger partial charge in [0.15, 0.2) is 16.7 Å². The summed E-state index contributed by atoms with van der Waals surface area (Å²) in [4.78, 5) is 16.7. The average Bonchev–Trinajstić information content (AvgIpc) is 2.60. The zero-order valence-electron chi connectivity index (χ0n) is 15.1. The highest BCUT2D eigenvalue weighted by Crippen LogP contribution is 2.34. The first kappa shape index (κ1) is 19.4. The normalized spacial score (nSPS) is 16.8. The summed E-state index contributed by atoms with van der Waals surface area (Å²) >= 11 is 1.50. The quantitative estimate of drug-likeness (QED) is 0.559. The molecule has 136 valence electrons. The van der Waals surface area contributed by atoms with Crippen molar-refractivity contribution in [3.05, 3.63) is 35.9 Å². The van der Waals surface area contributed by atoms with Crippen molar-refractivity contribution >= 4 is 22.8 Å². The fourth-order valence-electron chi connectivity index (χ4n) is 2.36. The van der Waals surface area contributed by atoms with E-state index in [0.29, 0.717) is 23.9 Å². The number of unbranched alkanes of at least 4 members (excludes halogenated alkanes) is 1. The highest BCUT2D eigenvalue weighted by Gasteiger charge is 2.23. The number of amides is 1. The molecule has 1 atom stereocenters. The monoisotopic (exact) mass is 362 g/mol. The molecule has 6 heteroatoms. The summed E-state index contributed by atoms with van der Waals surface area (Å²) in [5.74, 6) is 2.11. The maximum absolute atomic E-state index is 12.0. The number of methoxy groups -OCH3 is 1. The van der Waals surface area contributed by atoms with Crippen LogP contribution in [0, 0.1) is 0 Å². The lowest BCUT2D eigenvalue weighted by molar-refractivity contribution is -0.120. The Morgan fingerprint density at radius 1 is 1.44 bits per heavy atom. The van der Waals surface area contributed by atoms with E-state index in [9.17, 15) is 4.79 Å². The highest BCUT2D eigenvalue weighted by molar-refractivity contribution is 8.14. The molecule has 1 aliphatic heterocycles. The molecule has 2 rings (SSSR count). The summed E-state index contributed by atoms with van der Waals surface area (Å²) in [6, 6.07) is 5.55. The lowest BCUT2D eigenvalue weighted by Crippen LogP contribution is -2.34. The Kier molecular flexibility index (Phi) is 7.37. The molecule has 1 N–H and O–H groups in total. The molecule has 0 radical (unpaired) electrons. The molecular weight excluding hydrogens is 336 g/mol. The Morgan fingerprint density at radius 3 is 2.92 bits per heavy atom. The van der Waals surface area contributed by atoms with Gasteiger partial charge in [-0.1, -0.05) is 43.3 Å². The topological polar surface area (TPSA) is 59.9 Å². The van der Waals surface area contributed by atoms with Crippen molar-refractivity contribution < 1.29 is 14.3 Å². The first-order valence-electron chi connectivity index (χ1n) is 8.49. The molecule has 1 aromatic carbocycles. The number of hydrogen-bond donors (Lipinski definition) is 1. The number of benzene rings is 1. The molecular formula is C19H26N2O3S. The third-order valence-corrected chi connectivity index (χ3v) is 4.80. The molecule has 1 heterocycles. The van der Waals surface area contributed by atoms with Crippen molar-refractivity contribution in [1.29, 1.82) is 0 Å². The van der Waals surface area contributed by atoms with Crippen LogP contribution in [0.25, 0.3) is 0 Å². The van der Waals surface area contributed by atoms with Gasteiger partial charge in [0.25, 0.3) is 0 Å². The Morgan fingerprint density at radius 2 is 2.24 bits per heavy atom. The van der Waals surface area contributed by atoms with Crippen molar-refractivity contribution in [2.75, 3.05) is 19.5 Å². The Labute approximate surface area is 153 Å². The first-order chi connectivity index (χ1) is 12.0. The van der Waals surface area contributed by atoms with E-state index in [1.54, 1.807) is 7.11 Å². The van der Waals surface area contributed by atoms with Crippen LogP contribution in [-0.2, 0) is 4.79 Å². The van der Waals surface area contributed by atoms with E-state index in [1.165, 1.54) is 11.8 Å². The summed E-state index contributed by atoms with van der Waals surface area (Å²) in [5.41, 5.74) is 1.99. The number of carbonyl (C=O) groups excluding carboxylic acids is 1. The number of amidine groups is 1. The number of nitrogens with zero attached hydrogens (tertiary/aromatic N) is 1. The van der Waals surface area contributed by atoms with Crippen LogP contribution in [-0.4, -0.2) is 30.5 Å². The molecule has 1 aromatic rings. The largest absolute Gasteiger partial charge is 0.493 e. The first-order valence-corrected chi connectivity index (χ1v) is 9.47. The van der Waals surface area contributed by atoms with Crippen LogP contribution in [0.15, 0.2) is 35.3 Å². The van der Waals surface area contributed by atoms with E-state index >= 15 is 0 Å². The van der Waals surface area contributed by atoms with Crippen LogP contribution in [0.1, 0.15) is 44.7 Å². The number of aliphatic imine (C=N–C) groups is 1. The lowest BCUT2D eigenvalue weighted by Gasteiger charge is -2.22. The minimum Gasteiger partial charge on any atom is -0.493 e. The highest BCUT2D eigenvalue weighted by atomic mass is 32.2. The van der Waals surface area contributed by atoms with Gasteiger partial charge < -0.3 is 14.8 Å². The second kappa shape index (κ2) is 9.51. The van der Waals surface area contributed by atoms with Crippen LogP contribution >= 0.6 is 11.8 Å². The number of rotatable bonds is 8. The number of hydrogen-bond acceptors (Lipinski definition) is 5. The summed E-state index contributed by atoms with van der Waals surface area (Å²) in [6.07, 6.45) is 2.41. The fraction of sp³-hybridized carbons (Fsp3) is 0.474. The molecule has 0 fully saturated rings. The smallest absolute Gasteiger partial charge is 0.228 e. The van der Waals surface area contributed by atoms with Crippen LogP contribution in [0.2, 0.25) is 0 Å². The van der Waals surface area contributed by atoms with Gasteiger partial charge in [-0.2, -0.15) is 0 Å². The predicted octanol–water partition coefficient (Wildman–Crippen LogP) is 4.10. The van der Waals surface area contributed by atoms with Crippen LogP contribution in [0.5, 0.6) is 11.5 Å². The van der Waals surface area contributed by atoms with Crippen molar-refractivity contribution in [3.8, 4) is 11.5 Å². The van der Waals surface area contributed by atoms with Crippen LogP contribution in [0.3, 0.4) is 0 Å².